The van der Waals surface area contributed by atoms with E-state index < -0.39 is 24.1 Å². The smallest absolute Gasteiger partial charge is 0.243 e. The van der Waals surface area contributed by atoms with Crippen LogP contribution in [0.1, 0.15) is 58.9 Å². The van der Waals surface area contributed by atoms with Crippen LogP contribution in [0, 0.1) is 17.8 Å². The van der Waals surface area contributed by atoms with Gasteiger partial charge >= 0.3 is 0 Å². The average Bonchev–Trinajstić information content (AvgIpc) is 3.40. The number of likely N-dealkylation sites (tertiary alicyclic amines) is 1. The van der Waals surface area contributed by atoms with Gasteiger partial charge in [-0.1, -0.05) is 70.2 Å². The second kappa shape index (κ2) is 15.9. The van der Waals surface area contributed by atoms with E-state index in [9.17, 15) is 19.5 Å². The van der Waals surface area contributed by atoms with Crippen LogP contribution in [0.3, 0.4) is 0 Å². The highest BCUT2D eigenvalue weighted by Gasteiger charge is 2.38. The molecule has 1 aliphatic heterocycles. The third-order valence-corrected chi connectivity index (χ3v) is 7.37. The molecule has 40 heavy (non-hydrogen) atoms. The maximum Gasteiger partial charge on any atom is 0.243 e. The Labute approximate surface area is 244 Å². The molecule has 5 N–H and O–H groups in total. The van der Waals surface area contributed by atoms with Gasteiger partial charge in [-0.3, -0.25) is 14.4 Å². The van der Waals surface area contributed by atoms with E-state index in [1.165, 1.54) is 0 Å². The van der Waals surface area contributed by atoms with Crippen molar-refractivity contribution in [2.45, 2.75) is 78.0 Å². The van der Waals surface area contributed by atoms with Crippen LogP contribution >= 0.6 is 12.4 Å². The Morgan fingerprint density at radius 1 is 1.02 bits per heavy atom. The first-order valence-corrected chi connectivity index (χ1v) is 14.3. The van der Waals surface area contributed by atoms with Gasteiger partial charge < -0.3 is 26.4 Å². The van der Waals surface area contributed by atoms with Gasteiger partial charge in [0.1, 0.15) is 12.1 Å². The van der Waals surface area contributed by atoms with Crippen molar-refractivity contribution in [2.75, 3.05) is 19.6 Å². The lowest BCUT2D eigenvalue weighted by molar-refractivity contribution is -0.143. The summed E-state index contributed by atoms with van der Waals surface area (Å²) < 4.78 is 0. The Balaban J connectivity index is 0.00000560. The van der Waals surface area contributed by atoms with E-state index in [0.29, 0.717) is 24.8 Å². The first-order valence-electron chi connectivity index (χ1n) is 14.3. The normalized spacial score (nSPS) is 16.7. The number of benzene rings is 2. The number of nitrogens with zero attached hydrogens (tertiary/aromatic N) is 1. The molecular formula is C31H47ClN4O4. The molecule has 1 fully saturated rings. The number of amides is 3. The summed E-state index contributed by atoms with van der Waals surface area (Å²) >= 11 is 0. The van der Waals surface area contributed by atoms with Crippen molar-refractivity contribution >= 4 is 40.9 Å². The number of aliphatic hydroxyl groups is 1. The summed E-state index contributed by atoms with van der Waals surface area (Å²) in [6.45, 7) is 9.04. The summed E-state index contributed by atoms with van der Waals surface area (Å²) in [6.07, 6.45) is 2.32. The van der Waals surface area contributed by atoms with Crippen LogP contribution in [0.4, 0.5) is 0 Å². The molecule has 3 rings (SSSR count). The van der Waals surface area contributed by atoms with Gasteiger partial charge in [-0.25, -0.2) is 0 Å². The number of fused-ring (bicyclic) bond motifs is 1. The molecule has 0 radical (unpaired) electrons. The lowest BCUT2D eigenvalue weighted by Crippen LogP contribution is -2.55. The van der Waals surface area contributed by atoms with Gasteiger partial charge in [0.05, 0.1) is 6.10 Å². The predicted molar refractivity (Wildman–Crippen MR) is 162 cm³/mol. The standard InChI is InChI=1S/C31H46N4O4.ClH/c1-20(2)14-25(15-21(3)4)31(39)35-13-7-10-28(35)30(38)34-27(29(37)33-19-26(36)18-32)17-22-11-12-23-8-5-6-9-24(23)16-22;/h5-6,8-9,11-12,16,20-21,25-28,36H,7,10,13-15,17-19,32H2,1-4H3,(H,33,37)(H,34,38);1H/t26?,27-,28+;/m1./s1. The second-order valence-corrected chi connectivity index (χ2v) is 11.7. The van der Waals surface area contributed by atoms with Crippen molar-refractivity contribution in [1.29, 1.82) is 0 Å². The van der Waals surface area contributed by atoms with Crippen LogP contribution in [0.25, 0.3) is 10.8 Å². The van der Waals surface area contributed by atoms with Crippen molar-refractivity contribution in [3.05, 3.63) is 48.0 Å². The quantitative estimate of drug-likeness (QED) is 0.292. The highest BCUT2D eigenvalue weighted by molar-refractivity contribution is 5.93. The number of carbonyl (C=O) groups is 3. The zero-order valence-electron chi connectivity index (χ0n) is 24.3. The lowest BCUT2D eigenvalue weighted by Gasteiger charge is -2.31. The van der Waals surface area contributed by atoms with Crippen LogP contribution in [-0.4, -0.2) is 65.5 Å². The van der Waals surface area contributed by atoms with Crippen LogP contribution in [0.15, 0.2) is 42.5 Å². The molecule has 9 heteroatoms. The molecule has 1 heterocycles. The van der Waals surface area contributed by atoms with E-state index in [2.05, 4.69) is 38.3 Å². The van der Waals surface area contributed by atoms with Gasteiger partial charge in [-0.15, -0.1) is 12.4 Å². The van der Waals surface area contributed by atoms with Gasteiger partial charge in [-0.05, 0) is 53.9 Å². The van der Waals surface area contributed by atoms with E-state index in [0.717, 1.165) is 35.6 Å². The Bertz CT molecular complexity index is 1120. The molecule has 0 aliphatic carbocycles. The third kappa shape index (κ3) is 9.46. The van der Waals surface area contributed by atoms with E-state index in [1.54, 1.807) is 4.90 Å². The summed E-state index contributed by atoms with van der Waals surface area (Å²) in [5, 5.41) is 17.7. The SMILES string of the molecule is CC(C)CC(CC(C)C)C(=O)N1CCC[C@H]1C(=O)N[C@H](Cc1ccc2ccccc2c1)C(=O)NCC(O)CN.Cl. The number of hydrogen-bond donors (Lipinski definition) is 4. The first-order chi connectivity index (χ1) is 18.6. The fourth-order valence-corrected chi connectivity index (χ4v) is 5.48. The summed E-state index contributed by atoms with van der Waals surface area (Å²) in [6, 6.07) is 12.5. The molecule has 0 saturated carbocycles. The number of carbonyl (C=O) groups excluding carboxylic acids is 3. The monoisotopic (exact) mass is 574 g/mol. The van der Waals surface area contributed by atoms with E-state index in [-0.39, 0.29) is 49.6 Å². The fourth-order valence-electron chi connectivity index (χ4n) is 5.48. The highest BCUT2D eigenvalue weighted by atomic mass is 35.5. The molecule has 1 aliphatic rings. The van der Waals surface area contributed by atoms with E-state index in [4.69, 9.17) is 5.73 Å². The fraction of sp³-hybridized carbons (Fsp3) is 0.581. The molecule has 1 saturated heterocycles. The van der Waals surface area contributed by atoms with Gasteiger partial charge in [0, 0.05) is 32.0 Å². The summed E-state index contributed by atoms with van der Waals surface area (Å²) in [5.41, 5.74) is 6.40. The van der Waals surface area contributed by atoms with Crippen molar-refractivity contribution in [3.63, 3.8) is 0 Å². The zero-order valence-corrected chi connectivity index (χ0v) is 25.1. The molecule has 2 aromatic carbocycles. The van der Waals surface area contributed by atoms with Crippen molar-refractivity contribution in [2.24, 2.45) is 23.5 Å². The Morgan fingerprint density at radius 3 is 2.30 bits per heavy atom. The molecule has 0 spiro atoms. The highest BCUT2D eigenvalue weighted by Crippen LogP contribution is 2.27. The van der Waals surface area contributed by atoms with Gasteiger partial charge in [0.25, 0.3) is 0 Å². The summed E-state index contributed by atoms with van der Waals surface area (Å²) in [4.78, 5) is 42.1. The largest absolute Gasteiger partial charge is 0.390 e. The number of nitrogens with two attached hydrogens (primary N) is 1. The molecular weight excluding hydrogens is 528 g/mol. The third-order valence-electron chi connectivity index (χ3n) is 7.37. The van der Waals surface area contributed by atoms with E-state index in [1.807, 2.05) is 42.5 Å². The van der Waals surface area contributed by atoms with Crippen LogP contribution in [-0.2, 0) is 20.8 Å². The van der Waals surface area contributed by atoms with Gasteiger partial charge in [0.2, 0.25) is 17.7 Å². The predicted octanol–water partition coefficient (Wildman–Crippen LogP) is 3.42. The number of rotatable bonds is 13. The molecule has 1 unspecified atom stereocenters. The number of nitrogens with one attached hydrogen (secondary N) is 2. The minimum atomic E-state index is -0.868. The Morgan fingerprint density at radius 2 is 1.68 bits per heavy atom. The molecule has 3 atom stereocenters. The molecule has 0 aromatic heterocycles. The molecule has 3 amide bonds. The average molecular weight is 575 g/mol. The van der Waals surface area contributed by atoms with Gasteiger partial charge in [-0.2, -0.15) is 0 Å². The second-order valence-electron chi connectivity index (χ2n) is 11.7. The first kappa shape index (κ1) is 33.5. The Hall–Kier alpha value is -2.68. The van der Waals surface area contributed by atoms with Crippen LogP contribution < -0.4 is 16.4 Å². The Kier molecular flexibility index (Phi) is 13.4. The van der Waals surface area contributed by atoms with Gasteiger partial charge in [0.15, 0.2) is 0 Å². The molecule has 8 nitrogen and oxygen atoms in total. The van der Waals surface area contributed by atoms with Crippen molar-refractivity contribution < 1.29 is 19.5 Å². The summed E-state index contributed by atoms with van der Waals surface area (Å²) in [7, 11) is 0. The minimum absolute atomic E-state index is 0. The molecule has 0 bridgehead atoms. The number of halogens is 1. The number of aliphatic hydroxyl groups excluding tert-OH is 1. The minimum Gasteiger partial charge on any atom is -0.390 e. The number of hydrogen-bond acceptors (Lipinski definition) is 5. The van der Waals surface area contributed by atoms with Crippen LogP contribution in [0.5, 0.6) is 0 Å². The molecule has 222 valence electrons. The maximum atomic E-state index is 13.6. The van der Waals surface area contributed by atoms with Crippen LogP contribution in [0.2, 0.25) is 0 Å². The molecule has 2 aromatic rings. The summed E-state index contributed by atoms with van der Waals surface area (Å²) in [5.74, 6) is -0.0196. The zero-order chi connectivity index (χ0) is 28.5. The van der Waals surface area contributed by atoms with Crippen molar-refractivity contribution in [3.8, 4) is 0 Å². The van der Waals surface area contributed by atoms with Crippen molar-refractivity contribution in [1.82, 2.24) is 15.5 Å². The lowest BCUT2D eigenvalue weighted by atomic mass is 9.88. The van der Waals surface area contributed by atoms with E-state index >= 15 is 0 Å². The maximum absolute atomic E-state index is 13.6. The topological polar surface area (TPSA) is 125 Å².